The number of carbonyl (C=O) groups excluding carboxylic acids is 1. The number of carboxylic acids is 1. The molecule has 0 aromatic carbocycles. The average molecular weight is 299 g/mol. The van der Waals surface area contributed by atoms with Gasteiger partial charge in [-0.2, -0.15) is 11.8 Å². The number of thioether (sulfide) groups is 1. The van der Waals surface area contributed by atoms with Crippen LogP contribution in [0.3, 0.4) is 0 Å². The van der Waals surface area contributed by atoms with Crippen LogP contribution >= 0.6 is 11.8 Å². The van der Waals surface area contributed by atoms with Gasteiger partial charge < -0.3 is 19.6 Å². The highest BCUT2D eigenvalue weighted by Gasteiger charge is 2.32. The molecule has 1 fully saturated rings. The number of furan rings is 1. The topological polar surface area (TPSA) is 88.8 Å². The van der Waals surface area contributed by atoms with Gasteiger partial charge in [0.15, 0.2) is 5.76 Å². The summed E-state index contributed by atoms with van der Waals surface area (Å²) in [6, 6.07) is 1.23. The van der Waals surface area contributed by atoms with Crippen molar-refractivity contribution in [2.45, 2.75) is 17.6 Å². The minimum Gasteiger partial charge on any atom is -0.478 e. The Balaban J connectivity index is 1.95. The van der Waals surface area contributed by atoms with Gasteiger partial charge in [-0.25, -0.2) is 4.79 Å². The van der Waals surface area contributed by atoms with E-state index in [1.54, 1.807) is 11.8 Å². The van der Waals surface area contributed by atoms with E-state index in [1.165, 1.54) is 6.07 Å². The predicted molar refractivity (Wildman–Crippen MR) is 74.3 cm³/mol. The molecule has 1 aliphatic heterocycles. The van der Waals surface area contributed by atoms with E-state index < -0.39 is 11.9 Å². The molecule has 1 aromatic heterocycles. The van der Waals surface area contributed by atoms with Gasteiger partial charge in [0, 0.05) is 30.6 Å². The lowest BCUT2D eigenvalue weighted by Gasteiger charge is -2.35. The summed E-state index contributed by atoms with van der Waals surface area (Å²) in [6.45, 7) is 1.90. The van der Waals surface area contributed by atoms with E-state index in [9.17, 15) is 9.59 Å². The number of carboxylic acid groups (broad SMARTS) is 1. The quantitative estimate of drug-likeness (QED) is 0.859. The molecule has 20 heavy (non-hydrogen) atoms. The number of nitrogens with one attached hydrogen (secondary N) is 1. The van der Waals surface area contributed by atoms with Gasteiger partial charge in [-0.05, 0) is 19.1 Å². The molecule has 0 radical (unpaired) electrons. The highest BCUT2D eigenvalue weighted by molar-refractivity contribution is 8.00. The zero-order chi connectivity index (χ0) is 14.6. The van der Waals surface area contributed by atoms with E-state index in [4.69, 9.17) is 14.3 Å². The summed E-state index contributed by atoms with van der Waals surface area (Å²) in [4.78, 5) is 22.7. The average Bonchev–Trinajstić information content (AvgIpc) is 2.96. The van der Waals surface area contributed by atoms with Gasteiger partial charge in [-0.3, -0.25) is 4.79 Å². The maximum atomic E-state index is 11.9. The Bertz CT molecular complexity index is 493. The largest absolute Gasteiger partial charge is 0.478 e. The molecule has 1 aliphatic rings. The summed E-state index contributed by atoms with van der Waals surface area (Å²) in [5.74, 6) is -1.49. The first-order chi connectivity index (χ1) is 9.56. The van der Waals surface area contributed by atoms with Crippen LogP contribution in [0.15, 0.2) is 16.7 Å². The maximum absolute atomic E-state index is 11.9. The van der Waals surface area contributed by atoms with Crippen molar-refractivity contribution in [3.63, 3.8) is 0 Å². The van der Waals surface area contributed by atoms with Crippen LogP contribution in [-0.2, 0) is 4.74 Å². The number of ether oxygens (including phenoxy) is 1. The van der Waals surface area contributed by atoms with E-state index in [0.717, 1.165) is 19.1 Å². The molecular formula is C13H17NO5S. The fourth-order valence-corrected chi connectivity index (χ4v) is 2.88. The fraction of sp³-hybridized carbons (Fsp3) is 0.538. The number of rotatable bonds is 5. The summed E-state index contributed by atoms with van der Waals surface area (Å²) < 4.78 is 10.3. The van der Waals surface area contributed by atoms with Gasteiger partial charge in [0.1, 0.15) is 6.26 Å². The lowest BCUT2D eigenvalue weighted by atomic mass is 9.99. The molecule has 1 aromatic rings. The molecule has 110 valence electrons. The predicted octanol–water partition coefficient (Wildman–Crippen LogP) is 1.62. The molecule has 0 unspecified atom stereocenters. The molecule has 0 saturated carbocycles. The molecule has 2 rings (SSSR count). The van der Waals surface area contributed by atoms with Gasteiger partial charge in [0.25, 0.3) is 5.91 Å². The van der Waals surface area contributed by atoms with Crippen molar-refractivity contribution in [3.8, 4) is 0 Å². The monoisotopic (exact) mass is 299 g/mol. The van der Waals surface area contributed by atoms with Crippen molar-refractivity contribution in [1.82, 2.24) is 5.32 Å². The smallest absolute Gasteiger partial charge is 0.338 e. The first kappa shape index (κ1) is 14.9. The number of hydrogen-bond acceptors (Lipinski definition) is 5. The number of amides is 1. The highest BCUT2D eigenvalue weighted by Crippen LogP contribution is 2.33. The Kier molecular flexibility index (Phi) is 4.72. The second-order valence-electron chi connectivity index (χ2n) is 4.69. The summed E-state index contributed by atoms with van der Waals surface area (Å²) >= 11 is 1.72. The minimum atomic E-state index is -1.11. The van der Waals surface area contributed by atoms with Crippen molar-refractivity contribution >= 4 is 23.6 Å². The van der Waals surface area contributed by atoms with Crippen molar-refractivity contribution in [2.24, 2.45) is 0 Å². The van der Waals surface area contributed by atoms with E-state index in [0.29, 0.717) is 19.8 Å². The van der Waals surface area contributed by atoms with Crippen LogP contribution in [-0.4, -0.2) is 47.7 Å². The Morgan fingerprint density at radius 2 is 2.15 bits per heavy atom. The summed E-state index contributed by atoms with van der Waals surface area (Å²) in [6.07, 6.45) is 4.85. The number of carbonyl (C=O) groups is 2. The molecule has 0 bridgehead atoms. The van der Waals surface area contributed by atoms with Crippen molar-refractivity contribution < 1.29 is 23.8 Å². The van der Waals surface area contributed by atoms with Crippen molar-refractivity contribution in [2.75, 3.05) is 26.0 Å². The van der Waals surface area contributed by atoms with Crippen LogP contribution in [0.2, 0.25) is 0 Å². The SMILES string of the molecule is CSC1(CNC(=O)c2cc(C(=O)O)co2)CCOCC1. The van der Waals surface area contributed by atoms with Crippen LogP contribution in [0.1, 0.15) is 33.8 Å². The maximum Gasteiger partial charge on any atom is 0.338 e. The number of hydrogen-bond donors (Lipinski definition) is 2. The third-order valence-electron chi connectivity index (χ3n) is 3.48. The summed E-state index contributed by atoms with van der Waals surface area (Å²) in [5, 5.41) is 11.6. The van der Waals surface area contributed by atoms with Crippen molar-refractivity contribution in [3.05, 3.63) is 23.7 Å². The molecule has 1 amide bonds. The lowest BCUT2D eigenvalue weighted by Crippen LogP contribution is -2.44. The van der Waals surface area contributed by atoms with Gasteiger partial charge >= 0.3 is 5.97 Å². The normalized spacial score (nSPS) is 17.6. The fourth-order valence-electron chi connectivity index (χ4n) is 2.09. The Labute approximate surface area is 120 Å². The van der Waals surface area contributed by atoms with E-state index in [2.05, 4.69) is 5.32 Å². The third-order valence-corrected chi connectivity index (χ3v) is 4.90. The van der Waals surface area contributed by atoms with E-state index in [-0.39, 0.29) is 16.1 Å². The Hall–Kier alpha value is -1.47. The summed E-state index contributed by atoms with van der Waals surface area (Å²) in [5.41, 5.74) is -0.0270. The van der Waals surface area contributed by atoms with Crippen LogP contribution in [0.25, 0.3) is 0 Å². The Morgan fingerprint density at radius 1 is 1.45 bits per heavy atom. The van der Waals surface area contributed by atoms with Crippen molar-refractivity contribution in [1.29, 1.82) is 0 Å². The highest BCUT2D eigenvalue weighted by atomic mass is 32.2. The molecular weight excluding hydrogens is 282 g/mol. The molecule has 6 nitrogen and oxygen atoms in total. The first-order valence-corrected chi connectivity index (χ1v) is 7.52. The lowest BCUT2D eigenvalue weighted by molar-refractivity contribution is 0.0696. The van der Waals surface area contributed by atoms with Crippen LogP contribution in [0.5, 0.6) is 0 Å². The van der Waals surface area contributed by atoms with Gasteiger partial charge in [-0.15, -0.1) is 0 Å². The second kappa shape index (κ2) is 6.32. The summed E-state index contributed by atoms with van der Waals surface area (Å²) in [7, 11) is 0. The van der Waals surface area contributed by atoms with E-state index in [1.807, 2.05) is 6.26 Å². The van der Waals surface area contributed by atoms with E-state index >= 15 is 0 Å². The second-order valence-corrected chi connectivity index (χ2v) is 5.96. The van der Waals surface area contributed by atoms with Crippen LogP contribution in [0.4, 0.5) is 0 Å². The van der Waals surface area contributed by atoms with Crippen LogP contribution < -0.4 is 5.32 Å². The molecule has 0 spiro atoms. The zero-order valence-corrected chi connectivity index (χ0v) is 12.0. The minimum absolute atomic E-state index is 0.0177. The van der Waals surface area contributed by atoms with Gasteiger partial charge in [-0.1, -0.05) is 0 Å². The molecule has 7 heteroatoms. The molecule has 2 heterocycles. The third kappa shape index (κ3) is 3.34. The zero-order valence-electron chi connectivity index (χ0n) is 11.2. The van der Waals surface area contributed by atoms with Crippen LogP contribution in [0, 0.1) is 0 Å². The molecule has 0 aliphatic carbocycles. The van der Waals surface area contributed by atoms with Gasteiger partial charge in [0.2, 0.25) is 0 Å². The number of aromatic carboxylic acids is 1. The Morgan fingerprint density at radius 3 is 2.70 bits per heavy atom. The van der Waals surface area contributed by atoms with Gasteiger partial charge in [0.05, 0.1) is 5.56 Å². The molecule has 0 atom stereocenters. The molecule has 2 N–H and O–H groups in total. The first-order valence-electron chi connectivity index (χ1n) is 6.29. The standard InChI is InChI=1S/C13H17NO5S/c1-20-13(2-4-18-5-3-13)8-14-11(15)10-6-9(7-19-10)12(16)17/h6-7H,2-5,8H2,1H3,(H,14,15)(H,16,17). The molecule has 1 saturated heterocycles.